The Morgan fingerprint density at radius 2 is 1.90 bits per heavy atom. The lowest BCUT2D eigenvalue weighted by Crippen LogP contribution is -2.25. The summed E-state index contributed by atoms with van der Waals surface area (Å²) in [7, 11) is 0. The fraction of sp³-hybridized carbons (Fsp3) is 0.133. The van der Waals surface area contributed by atoms with E-state index in [4.69, 9.17) is 5.11 Å². The lowest BCUT2D eigenvalue weighted by molar-refractivity contribution is -0.120. The van der Waals surface area contributed by atoms with Gasteiger partial charge in [-0.05, 0) is 17.7 Å². The molecule has 0 radical (unpaired) electrons. The SMILES string of the molecule is O=C(Cc1ccccc1)NCc1cc(C(=O)O)ccn1. The van der Waals surface area contributed by atoms with E-state index in [1.165, 1.54) is 18.3 Å². The minimum atomic E-state index is -1.01. The van der Waals surface area contributed by atoms with Crippen LogP contribution in [0.5, 0.6) is 0 Å². The number of carboxylic acids is 1. The van der Waals surface area contributed by atoms with Crippen LogP contribution in [0.15, 0.2) is 48.7 Å². The summed E-state index contributed by atoms with van der Waals surface area (Å²) in [5.74, 6) is -1.14. The molecule has 102 valence electrons. The molecule has 20 heavy (non-hydrogen) atoms. The number of nitrogens with one attached hydrogen (secondary N) is 1. The van der Waals surface area contributed by atoms with Crippen molar-refractivity contribution < 1.29 is 14.7 Å². The molecule has 2 aromatic rings. The molecule has 0 atom stereocenters. The van der Waals surface area contributed by atoms with Crippen LogP contribution < -0.4 is 5.32 Å². The summed E-state index contributed by atoms with van der Waals surface area (Å²) in [6.07, 6.45) is 1.71. The maximum Gasteiger partial charge on any atom is 0.335 e. The Morgan fingerprint density at radius 1 is 1.15 bits per heavy atom. The van der Waals surface area contributed by atoms with Gasteiger partial charge < -0.3 is 10.4 Å². The monoisotopic (exact) mass is 270 g/mol. The van der Waals surface area contributed by atoms with Gasteiger partial charge in [-0.25, -0.2) is 4.79 Å². The predicted octanol–water partition coefficient (Wildman–Crippen LogP) is 1.64. The molecule has 0 spiro atoms. The topological polar surface area (TPSA) is 79.3 Å². The van der Waals surface area contributed by atoms with Crippen LogP contribution in [0.1, 0.15) is 21.6 Å². The molecule has 0 unspecified atom stereocenters. The Labute approximate surface area is 116 Å². The molecular formula is C15H14N2O3. The molecule has 0 fully saturated rings. The number of amides is 1. The van der Waals surface area contributed by atoms with Crippen molar-refractivity contribution in [1.29, 1.82) is 0 Å². The second kappa shape index (κ2) is 6.47. The number of benzene rings is 1. The number of nitrogens with zero attached hydrogens (tertiary/aromatic N) is 1. The number of carbonyl (C=O) groups is 2. The van der Waals surface area contributed by atoms with Crippen LogP contribution in [-0.2, 0) is 17.8 Å². The third kappa shape index (κ3) is 3.91. The van der Waals surface area contributed by atoms with Gasteiger partial charge in [0.1, 0.15) is 0 Å². The number of carboxylic acid groups (broad SMARTS) is 1. The first-order valence-electron chi connectivity index (χ1n) is 6.14. The van der Waals surface area contributed by atoms with Gasteiger partial charge in [-0.15, -0.1) is 0 Å². The van der Waals surface area contributed by atoms with Crippen molar-refractivity contribution in [3.63, 3.8) is 0 Å². The van der Waals surface area contributed by atoms with Crippen LogP contribution >= 0.6 is 0 Å². The van der Waals surface area contributed by atoms with Crippen LogP contribution in [0.4, 0.5) is 0 Å². The van der Waals surface area contributed by atoms with E-state index in [1.54, 1.807) is 0 Å². The van der Waals surface area contributed by atoms with Gasteiger partial charge in [0.05, 0.1) is 24.2 Å². The highest BCUT2D eigenvalue weighted by atomic mass is 16.4. The van der Waals surface area contributed by atoms with Crippen LogP contribution in [0.3, 0.4) is 0 Å². The molecule has 1 aromatic carbocycles. The van der Waals surface area contributed by atoms with Gasteiger partial charge >= 0.3 is 5.97 Å². The minimum absolute atomic E-state index is 0.126. The Morgan fingerprint density at radius 3 is 2.60 bits per heavy atom. The molecule has 5 heteroatoms. The average molecular weight is 270 g/mol. The fourth-order valence-electron chi connectivity index (χ4n) is 1.74. The third-order valence-electron chi connectivity index (χ3n) is 2.74. The highest BCUT2D eigenvalue weighted by Gasteiger charge is 2.06. The van der Waals surface area contributed by atoms with Gasteiger partial charge in [-0.3, -0.25) is 9.78 Å². The van der Waals surface area contributed by atoms with Crippen molar-refractivity contribution in [2.24, 2.45) is 0 Å². The molecule has 1 heterocycles. The first-order valence-corrected chi connectivity index (χ1v) is 6.14. The summed E-state index contributed by atoms with van der Waals surface area (Å²) in [5.41, 5.74) is 1.61. The largest absolute Gasteiger partial charge is 0.478 e. The zero-order valence-corrected chi connectivity index (χ0v) is 10.7. The van der Waals surface area contributed by atoms with E-state index in [0.717, 1.165) is 5.56 Å². The van der Waals surface area contributed by atoms with E-state index in [9.17, 15) is 9.59 Å². The highest BCUT2D eigenvalue weighted by molar-refractivity contribution is 5.87. The molecule has 0 aliphatic heterocycles. The molecular weight excluding hydrogens is 256 g/mol. The second-order valence-electron chi connectivity index (χ2n) is 4.28. The lowest BCUT2D eigenvalue weighted by atomic mass is 10.1. The molecule has 0 aliphatic carbocycles. The van der Waals surface area contributed by atoms with E-state index < -0.39 is 5.97 Å². The van der Waals surface area contributed by atoms with E-state index in [-0.39, 0.29) is 18.0 Å². The quantitative estimate of drug-likeness (QED) is 0.865. The Bertz CT molecular complexity index is 612. The molecule has 0 bridgehead atoms. The predicted molar refractivity (Wildman–Crippen MR) is 73.2 cm³/mol. The zero-order chi connectivity index (χ0) is 14.4. The Balaban J connectivity index is 1.90. The van der Waals surface area contributed by atoms with Crippen molar-refractivity contribution in [2.45, 2.75) is 13.0 Å². The maximum absolute atomic E-state index is 11.7. The highest BCUT2D eigenvalue weighted by Crippen LogP contribution is 2.03. The first-order chi connectivity index (χ1) is 9.65. The summed E-state index contributed by atoms with van der Waals surface area (Å²) >= 11 is 0. The molecule has 1 aromatic heterocycles. The first kappa shape index (κ1) is 13.7. The van der Waals surface area contributed by atoms with Gasteiger partial charge in [0, 0.05) is 6.20 Å². The van der Waals surface area contributed by atoms with Gasteiger partial charge in [0.15, 0.2) is 0 Å². The van der Waals surface area contributed by atoms with E-state index in [2.05, 4.69) is 10.3 Å². The van der Waals surface area contributed by atoms with Crippen LogP contribution in [0.25, 0.3) is 0 Å². The van der Waals surface area contributed by atoms with Crippen LogP contribution in [0, 0.1) is 0 Å². The van der Waals surface area contributed by atoms with E-state index >= 15 is 0 Å². The molecule has 2 rings (SSSR count). The summed E-state index contributed by atoms with van der Waals surface area (Å²) in [5, 5.41) is 11.6. The Hall–Kier alpha value is -2.69. The zero-order valence-electron chi connectivity index (χ0n) is 10.7. The summed E-state index contributed by atoms with van der Waals surface area (Å²) in [6.45, 7) is 0.215. The smallest absolute Gasteiger partial charge is 0.335 e. The van der Waals surface area contributed by atoms with Crippen molar-refractivity contribution in [3.8, 4) is 0 Å². The number of hydrogen-bond acceptors (Lipinski definition) is 3. The average Bonchev–Trinajstić information content (AvgIpc) is 2.46. The van der Waals surface area contributed by atoms with Gasteiger partial charge in [-0.2, -0.15) is 0 Å². The number of aromatic carboxylic acids is 1. The molecule has 0 saturated carbocycles. The summed E-state index contributed by atoms with van der Waals surface area (Å²) < 4.78 is 0. The number of carbonyl (C=O) groups excluding carboxylic acids is 1. The van der Waals surface area contributed by atoms with Gasteiger partial charge in [-0.1, -0.05) is 30.3 Å². The summed E-state index contributed by atoms with van der Waals surface area (Å²) in [4.78, 5) is 26.6. The molecule has 1 amide bonds. The maximum atomic E-state index is 11.7. The normalized spacial score (nSPS) is 10.0. The van der Waals surface area contributed by atoms with Gasteiger partial charge in [0.25, 0.3) is 0 Å². The molecule has 0 saturated heterocycles. The van der Waals surface area contributed by atoms with Crippen LogP contribution in [-0.4, -0.2) is 22.0 Å². The van der Waals surface area contributed by atoms with Crippen molar-refractivity contribution in [3.05, 3.63) is 65.5 Å². The van der Waals surface area contributed by atoms with E-state index in [1.807, 2.05) is 30.3 Å². The number of pyridine rings is 1. The number of rotatable bonds is 5. The van der Waals surface area contributed by atoms with E-state index in [0.29, 0.717) is 12.1 Å². The van der Waals surface area contributed by atoms with Crippen LogP contribution in [0.2, 0.25) is 0 Å². The third-order valence-corrected chi connectivity index (χ3v) is 2.74. The molecule has 2 N–H and O–H groups in total. The Kier molecular flexibility index (Phi) is 4.44. The fourth-order valence-corrected chi connectivity index (χ4v) is 1.74. The minimum Gasteiger partial charge on any atom is -0.478 e. The summed E-state index contributed by atoms with van der Waals surface area (Å²) in [6, 6.07) is 12.3. The second-order valence-corrected chi connectivity index (χ2v) is 4.28. The standard InChI is InChI=1S/C15H14N2O3/c18-14(8-11-4-2-1-3-5-11)17-10-13-9-12(15(19)20)6-7-16-13/h1-7,9H,8,10H2,(H,17,18)(H,19,20). The number of hydrogen-bond donors (Lipinski definition) is 2. The van der Waals surface area contributed by atoms with Gasteiger partial charge in [0.2, 0.25) is 5.91 Å². The van der Waals surface area contributed by atoms with Crippen molar-refractivity contribution >= 4 is 11.9 Å². The van der Waals surface area contributed by atoms with Crippen molar-refractivity contribution in [1.82, 2.24) is 10.3 Å². The number of aromatic nitrogens is 1. The molecule has 5 nitrogen and oxygen atoms in total. The van der Waals surface area contributed by atoms with Crippen molar-refractivity contribution in [2.75, 3.05) is 0 Å². The molecule has 0 aliphatic rings. The lowest BCUT2D eigenvalue weighted by Gasteiger charge is -2.05.